The Morgan fingerprint density at radius 1 is 1.00 bits per heavy atom. The molecule has 2 atom stereocenters. The molecule has 0 radical (unpaired) electrons. The quantitative estimate of drug-likeness (QED) is 0.797. The van der Waals surface area contributed by atoms with Crippen molar-refractivity contribution in [3.63, 3.8) is 0 Å². The minimum absolute atomic E-state index is 0.0259. The molecule has 0 aromatic heterocycles. The van der Waals surface area contributed by atoms with Gasteiger partial charge in [-0.25, -0.2) is 13.1 Å². The summed E-state index contributed by atoms with van der Waals surface area (Å²) in [6.45, 7) is 0. The average molecular weight is 299 g/mol. The molecule has 3 nitrogen and oxygen atoms in total. The Balaban J connectivity index is 2.70. The summed E-state index contributed by atoms with van der Waals surface area (Å²) in [7, 11) is -5.58. The first-order valence-electron chi connectivity index (χ1n) is 5.09. The lowest BCUT2D eigenvalue weighted by atomic mass is 9.86. The molecule has 0 bridgehead atoms. The molecular weight excluding hydrogens is 288 g/mol. The van der Waals surface area contributed by atoms with Gasteiger partial charge in [0.2, 0.25) is 0 Å². The summed E-state index contributed by atoms with van der Waals surface area (Å²) in [4.78, 5) is 0. The van der Waals surface area contributed by atoms with E-state index < -0.39 is 40.1 Å². The Morgan fingerprint density at radius 2 is 1.56 bits per heavy atom. The molecule has 0 aliphatic heterocycles. The van der Waals surface area contributed by atoms with Crippen molar-refractivity contribution in [3.8, 4) is 0 Å². The molecule has 0 saturated heterocycles. The van der Waals surface area contributed by atoms with E-state index in [9.17, 15) is 34.8 Å². The number of hydrogen-bond donors (Lipinski definition) is 1. The fraction of sp³-hybridized carbons (Fsp3) is 1.00. The van der Waals surface area contributed by atoms with Crippen LogP contribution in [0.1, 0.15) is 25.7 Å². The number of alkyl halides is 6. The van der Waals surface area contributed by atoms with Gasteiger partial charge in [0.1, 0.15) is 0 Å². The molecule has 1 N–H and O–H groups in total. The summed E-state index contributed by atoms with van der Waals surface area (Å²) in [5.74, 6) is -1.76. The molecule has 108 valence electrons. The van der Waals surface area contributed by atoms with Gasteiger partial charge in [0.25, 0.3) is 0 Å². The second-order valence-corrected chi connectivity index (χ2v) is 5.87. The van der Waals surface area contributed by atoms with Gasteiger partial charge in [-0.2, -0.15) is 26.3 Å². The maximum Gasteiger partial charge on any atom is 0.511 e. The van der Waals surface area contributed by atoms with E-state index >= 15 is 0 Å². The van der Waals surface area contributed by atoms with E-state index in [1.165, 1.54) is 4.72 Å². The van der Waals surface area contributed by atoms with Crippen LogP contribution >= 0.6 is 0 Å². The Hall–Kier alpha value is -0.510. The van der Waals surface area contributed by atoms with Crippen LogP contribution in [0.25, 0.3) is 0 Å². The molecule has 1 aliphatic carbocycles. The van der Waals surface area contributed by atoms with Crippen molar-refractivity contribution in [2.75, 3.05) is 0 Å². The number of nitrogens with one attached hydrogen (secondary N) is 1. The second-order valence-electron chi connectivity index (χ2n) is 4.17. The molecule has 0 amide bonds. The van der Waals surface area contributed by atoms with Crippen molar-refractivity contribution in [2.45, 2.75) is 43.4 Å². The van der Waals surface area contributed by atoms with Crippen LogP contribution in [0, 0.1) is 5.92 Å². The molecule has 0 heterocycles. The third-order valence-corrected chi connectivity index (χ3v) is 4.02. The summed E-state index contributed by atoms with van der Waals surface area (Å²) < 4.78 is 96.1. The van der Waals surface area contributed by atoms with Gasteiger partial charge in [-0.15, -0.1) is 0 Å². The first-order valence-corrected chi connectivity index (χ1v) is 6.57. The molecule has 1 rings (SSSR count). The highest BCUT2D eigenvalue weighted by molar-refractivity contribution is 7.90. The van der Waals surface area contributed by atoms with Crippen LogP contribution in [-0.4, -0.2) is 26.1 Å². The van der Waals surface area contributed by atoms with E-state index in [0.717, 1.165) is 0 Å². The molecule has 1 aliphatic rings. The molecule has 0 spiro atoms. The number of rotatable bonds is 2. The molecule has 10 heteroatoms. The van der Waals surface area contributed by atoms with Crippen LogP contribution in [0.2, 0.25) is 0 Å². The molecule has 0 aromatic carbocycles. The summed E-state index contributed by atoms with van der Waals surface area (Å²) in [6, 6.07) is -1.32. The molecule has 0 aromatic rings. The monoisotopic (exact) mass is 299 g/mol. The van der Waals surface area contributed by atoms with Gasteiger partial charge < -0.3 is 0 Å². The van der Waals surface area contributed by atoms with E-state index in [1.54, 1.807) is 0 Å². The minimum Gasteiger partial charge on any atom is -0.204 e. The van der Waals surface area contributed by atoms with Crippen LogP contribution in [-0.2, 0) is 10.0 Å². The summed E-state index contributed by atoms with van der Waals surface area (Å²) >= 11 is 0. The van der Waals surface area contributed by atoms with E-state index in [-0.39, 0.29) is 19.3 Å². The standard InChI is InChI=1S/C8H11F6NO2S/c9-7(10,11)5-2-1-3-6(4-5)15-18(16,17)8(12,13)14/h5-6,15H,1-4H2. The molecule has 1 saturated carbocycles. The minimum atomic E-state index is -5.58. The van der Waals surface area contributed by atoms with Gasteiger partial charge in [0.15, 0.2) is 0 Å². The van der Waals surface area contributed by atoms with Crippen LogP contribution in [0.3, 0.4) is 0 Å². The van der Waals surface area contributed by atoms with Crippen molar-refractivity contribution in [1.82, 2.24) is 4.72 Å². The molecule has 18 heavy (non-hydrogen) atoms. The Kier molecular flexibility index (Phi) is 4.21. The molecular formula is C8H11F6NO2S. The number of sulfonamides is 1. The zero-order chi connectivity index (χ0) is 14.2. The van der Waals surface area contributed by atoms with Crippen LogP contribution in [0.4, 0.5) is 26.3 Å². The fourth-order valence-electron chi connectivity index (χ4n) is 1.88. The predicted molar refractivity (Wildman–Crippen MR) is 49.9 cm³/mol. The highest BCUT2D eigenvalue weighted by Crippen LogP contribution is 2.38. The van der Waals surface area contributed by atoms with Crippen molar-refractivity contribution in [1.29, 1.82) is 0 Å². The van der Waals surface area contributed by atoms with Gasteiger partial charge >= 0.3 is 21.7 Å². The van der Waals surface area contributed by atoms with E-state index in [1.807, 2.05) is 0 Å². The van der Waals surface area contributed by atoms with Crippen molar-refractivity contribution >= 4 is 10.0 Å². The first kappa shape index (κ1) is 15.5. The normalized spacial score (nSPS) is 27.2. The van der Waals surface area contributed by atoms with Gasteiger partial charge in [-0.05, 0) is 19.3 Å². The van der Waals surface area contributed by atoms with Gasteiger partial charge in [0, 0.05) is 6.04 Å². The zero-order valence-corrected chi connectivity index (χ0v) is 9.79. The van der Waals surface area contributed by atoms with Crippen molar-refractivity contribution in [3.05, 3.63) is 0 Å². The Labute approximate surface area is 99.6 Å². The highest BCUT2D eigenvalue weighted by Gasteiger charge is 2.49. The number of halogens is 6. The lowest BCUT2D eigenvalue weighted by Crippen LogP contribution is -2.46. The lowest BCUT2D eigenvalue weighted by Gasteiger charge is -2.30. The van der Waals surface area contributed by atoms with E-state index in [4.69, 9.17) is 0 Å². The largest absolute Gasteiger partial charge is 0.511 e. The summed E-state index contributed by atoms with van der Waals surface area (Å²) in [5, 5.41) is 0. The summed E-state index contributed by atoms with van der Waals surface area (Å²) in [5.41, 5.74) is -5.50. The van der Waals surface area contributed by atoms with Crippen molar-refractivity contribution in [2.24, 2.45) is 5.92 Å². The Bertz CT molecular complexity index is 387. The fourth-order valence-corrected chi connectivity index (χ4v) is 2.67. The third-order valence-electron chi connectivity index (χ3n) is 2.76. The predicted octanol–water partition coefficient (Wildman–Crippen LogP) is 2.55. The lowest BCUT2D eigenvalue weighted by molar-refractivity contribution is -0.183. The van der Waals surface area contributed by atoms with Gasteiger partial charge in [-0.3, -0.25) is 0 Å². The summed E-state index contributed by atoms with van der Waals surface area (Å²) in [6.07, 6.45) is -5.34. The Morgan fingerprint density at radius 3 is 2.00 bits per heavy atom. The van der Waals surface area contributed by atoms with E-state index in [0.29, 0.717) is 0 Å². The van der Waals surface area contributed by atoms with Crippen LogP contribution < -0.4 is 4.72 Å². The maximum absolute atomic E-state index is 12.4. The van der Waals surface area contributed by atoms with Crippen LogP contribution in [0.15, 0.2) is 0 Å². The molecule has 1 fully saturated rings. The molecule has 2 unspecified atom stereocenters. The smallest absolute Gasteiger partial charge is 0.204 e. The average Bonchev–Trinajstić information content (AvgIpc) is 2.14. The van der Waals surface area contributed by atoms with Crippen molar-refractivity contribution < 1.29 is 34.8 Å². The van der Waals surface area contributed by atoms with Gasteiger partial charge in [0.05, 0.1) is 5.92 Å². The zero-order valence-electron chi connectivity index (χ0n) is 8.98. The van der Waals surface area contributed by atoms with Crippen LogP contribution in [0.5, 0.6) is 0 Å². The topological polar surface area (TPSA) is 46.2 Å². The van der Waals surface area contributed by atoms with E-state index in [2.05, 4.69) is 0 Å². The number of hydrogen-bond acceptors (Lipinski definition) is 2. The first-order chi connectivity index (χ1) is 7.93. The second kappa shape index (κ2) is 4.87. The highest BCUT2D eigenvalue weighted by atomic mass is 32.2. The SMILES string of the molecule is O=S(=O)(NC1CCCC(C(F)(F)F)C1)C(F)(F)F. The van der Waals surface area contributed by atoms with Gasteiger partial charge in [-0.1, -0.05) is 6.42 Å². The maximum atomic E-state index is 12.4. The third kappa shape index (κ3) is 3.74.